The number of rotatable bonds is 5. The highest BCUT2D eigenvalue weighted by Crippen LogP contribution is 1.89. The summed E-state index contributed by atoms with van der Waals surface area (Å²) in [5.41, 5.74) is 0. The summed E-state index contributed by atoms with van der Waals surface area (Å²) in [5, 5.41) is 0. The van der Waals surface area contributed by atoms with Crippen molar-refractivity contribution in [3.63, 3.8) is 0 Å². The van der Waals surface area contributed by atoms with Gasteiger partial charge in [-0.15, -0.1) is 0 Å². The molecular formula is C11H16O2. The van der Waals surface area contributed by atoms with Crippen LogP contribution in [-0.2, 0) is 9.53 Å². The van der Waals surface area contributed by atoms with Gasteiger partial charge in [-0.2, -0.15) is 0 Å². The molecule has 0 aromatic heterocycles. The predicted molar refractivity (Wildman–Crippen MR) is 54.3 cm³/mol. The summed E-state index contributed by atoms with van der Waals surface area (Å²) < 4.78 is 4.42. The van der Waals surface area contributed by atoms with Gasteiger partial charge in [0.2, 0.25) is 0 Å². The van der Waals surface area contributed by atoms with Crippen LogP contribution in [0.25, 0.3) is 0 Å². The van der Waals surface area contributed by atoms with Crippen LogP contribution in [0.5, 0.6) is 0 Å². The van der Waals surface area contributed by atoms with E-state index >= 15 is 0 Å². The summed E-state index contributed by atoms with van der Waals surface area (Å²) in [5.74, 6) is -0.331. The summed E-state index contributed by atoms with van der Waals surface area (Å²) in [7, 11) is 1.36. The minimum Gasteiger partial charge on any atom is -0.466 e. The standard InChI is InChI=1S/C11H16O2/c1-3-4-5-6-7-8-9-10-11(12)13-2/h5-10H,3-4H2,1-2H3/b6-5+,8-7+,10-9+. The minimum atomic E-state index is -0.331. The van der Waals surface area contributed by atoms with Gasteiger partial charge in [-0.05, 0) is 6.42 Å². The molecule has 0 aromatic rings. The zero-order chi connectivity index (χ0) is 9.94. The third-order valence-corrected chi connectivity index (χ3v) is 1.36. The Morgan fingerprint density at radius 2 is 1.92 bits per heavy atom. The zero-order valence-corrected chi connectivity index (χ0v) is 8.19. The average Bonchev–Trinajstić information content (AvgIpc) is 2.16. The number of hydrogen-bond acceptors (Lipinski definition) is 2. The van der Waals surface area contributed by atoms with Gasteiger partial charge in [0.05, 0.1) is 7.11 Å². The van der Waals surface area contributed by atoms with Crippen LogP contribution in [0.15, 0.2) is 36.5 Å². The maximum atomic E-state index is 10.6. The van der Waals surface area contributed by atoms with Gasteiger partial charge in [0.25, 0.3) is 0 Å². The fourth-order valence-electron chi connectivity index (χ4n) is 0.672. The van der Waals surface area contributed by atoms with E-state index in [-0.39, 0.29) is 5.97 Å². The number of carbonyl (C=O) groups excluding carboxylic acids is 1. The molecule has 0 aromatic carbocycles. The Morgan fingerprint density at radius 1 is 1.23 bits per heavy atom. The highest BCUT2D eigenvalue weighted by atomic mass is 16.5. The summed E-state index contributed by atoms with van der Waals surface area (Å²) in [6.45, 7) is 2.13. The van der Waals surface area contributed by atoms with Gasteiger partial charge in [0.15, 0.2) is 0 Å². The highest BCUT2D eigenvalue weighted by Gasteiger charge is 1.85. The highest BCUT2D eigenvalue weighted by molar-refractivity contribution is 5.82. The monoisotopic (exact) mass is 180 g/mol. The first-order chi connectivity index (χ1) is 6.31. The van der Waals surface area contributed by atoms with Crippen LogP contribution in [0.2, 0.25) is 0 Å². The molecule has 0 radical (unpaired) electrons. The van der Waals surface area contributed by atoms with Crippen LogP contribution in [0.1, 0.15) is 19.8 Å². The second-order valence-electron chi connectivity index (χ2n) is 2.48. The van der Waals surface area contributed by atoms with Crippen LogP contribution in [0.3, 0.4) is 0 Å². The van der Waals surface area contributed by atoms with Crippen molar-refractivity contribution in [3.8, 4) is 0 Å². The topological polar surface area (TPSA) is 26.3 Å². The Morgan fingerprint density at radius 3 is 2.54 bits per heavy atom. The minimum absolute atomic E-state index is 0.331. The van der Waals surface area contributed by atoms with Gasteiger partial charge >= 0.3 is 5.97 Å². The number of hydrogen-bond donors (Lipinski definition) is 0. The van der Waals surface area contributed by atoms with E-state index in [0.717, 1.165) is 12.8 Å². The molecule has 13 heavy (non-hydrogen) atoms. The summed E-state index contributed by atoms with van der Waals surface area (Å²) in [6, 6.07) is 0. The number of unbranched alkanes of at least 4 members (excludes halogenated alkanes) is 1. The first-order valence-corrected chi connectivity index (χ1v) is 4.39. The molecule has 0 heterocycles. The zero-order valence-electron chi connectivity index (χ0n) is 8.19. The first kappa shape index (κ1) is 11.7. The van der Waals surface area contributed by atoms with Crippen LogP contribution < -0.4 is 0 Å². The van der Waals surface area contributed by atoms with Crippen molar-refractivity contribution in [1.29, 1.82) is 0 Å². The van der Waals surface area contributed by atoms with E-state index in [1.165, 1.54) is 13.2 Å². The van der Waals surface area contributed by atoms with Crippen LogP contribution in [0.4, 0.5) is 0 Å². The van der Waals surface area contributed by atoms with Crippen molar-refractivity contribution >= 4 is 5.97 Å². The molecule has 0 amide bonds. The number of esters is 1. The number of carbonyl (C=O) groups is 1. The van der Waals surface area contributed by atoms with Crippen molar-refractivity contribution in [2.75, 3.05) is 7.11 Å². The lowest BCUT2D eigenvalue weighted by atomic mass is 10.3. The molecule has 0 saturated carbocycles. The number of allylic oxidation sites excluding steroid dienone is 5. The van der Waals surface area contributed by atoms with Gasteiger partial charge < -0.3 is 4.74 Å². The lowest BCUT2D eigenvalue weighted by Crippen LogP contribution is -1.92. The molecule has 0 bridgehead atoms. The summed E-state index contributed by atoms with van der Waals surface area (Å²) in [6.07, 6.45) is 13.0. The number of ether oxygens (including phenoxy) is 1. The maximum absolute atomic E-state index is 10.6. The number of methoxy groups -OCH3 is 1. The average molecular weight is 180 g/mol. The molecule has 0 spiro atoms. The Hall–Kier alpha value is -1.31. The molecule has 0 N–H and O–H groups in total. The third-order valence-electron chi connectivity index (χ3n) is 1.36. The quantitative estimate of drug-likeness (QED) is 0.369. The first-order valence-electron chi connectivity index (χ1n) is 4.39. The molecule has 0 aliphatic carbocycles. The molecule has 0 unspecified atom stereocenters. The van der Waals surface area contributed by atoms with E-state index in [4.69, 9.17) is 0 Å². The summed E-state index contributed by atoms with van der Waals surface area (Å²) >= 11 is 0. The lowest BCUT2D eigenvalue weighted by molar-refractivity contribution is -0.134. The largest absolute Gasteiger partial charge is 0.466 e. The van der Waals surface area contributed by atoms with Crippen LogP contribution in [-0.4, -0.2) is 13.1 Å². The fourth-order valence-corrected chi connectivity index (χ4v) is 0.672. The molecule has 0 atom stereocenters. The van der Waals surface area contributed by atoms with E-state index < -0.39 is 0 Å². The normalized spacial score (nSPS) is 11.8. The van der Waals surface area contributed by atoms with Gasteiger partial charge in [-0.25, -0.2) is 4.79 Å². The smallest absolute Gasteiger partial charge is 0.330 e. The Kier molecular flexibility index (Phi) is 7.90. The molecule has 0 aliphatic heterocycles. The molecular weight excluding hydrogens is 164 g/mol. The molecule has 0 fully saturated rings. The molecule has 0 saturated heterocycles. The van der Waals surface area contributed by atoms with E-state index in [1.54, 1.807) is 12.2 Å². The van der Waals surface area contributed by atoms with Crippen LogP contribution in [0, 0.1) is 0 Å². The maximum Gasteiger partial charge on any atom is 0.330 e. The molecule has 2 nitrogen and oxygen atoms in total. The van der Waals surface area contributed by atoms with Crippen molar-refractivity contribution < 1.29 is 9.53 Å². The molecule has 0 aliphatic rings. The Labute approximate surface area is 79.6 Å². The lowest BCUT2D eigenvalue weighted by Gasteiger charge is -1.85. The summed E-state index contributed by atoms with van der Waals surface area (Å²) in [4.78, 5) is 10.6. The van der Waals surface area contributed by atoms with Crippen molar-refractivity contribution in [3.05, 3.63) is 36.5 Å². The van der Waals surface area contributed by atoms with Crippen molar-refractivity contribution in [2.24, 2.45) is 0 Å². The molecule has 72 valence electrons. The van der Waals surface area contributed by atoms with E-state index in [1.807, 2.05) is 12.2 Å². The van der Waals surface area contributed by atoms with Crippen molar-refractivity contribution in [1.82, 2.24) is 0 Å². The fraction of sp³-hybridized carbons (Fsp3) is 0.364. The van der Waals surface area contributed by atoms with Gasteiger partial charge in [0, 0.05) is 6.08 Å². The van der Waals surface area contributed by atoms with Gasteiger partial charge in [0.1, 0.15) is 0 Å². The predicted octanol–water partition coefficient (Wildman–Crippen LogP) is 2.63. The van der Waals surface area contributed by atoms with E-state index in [9.17, 15) is 4.79 Å². The second-order valence-corrected chi connectivity index (χ2v) is 2.48. The van der Waals surface area contributed by atoms with E-state index in [2.05, 4.69) is 17.7 Å². The van der Waals surface area contributed by atoms with E-state index in [0.29, 0.717) is 0 Å². The third kappa shape index (κ3) is 8.60. The molecule has 2 heteroatoms. The Bertz CT molecular complexity index is 212. The van der Waals surface area contributed by atoms with Gasteiger partial charge in [-0.3, -0.25) is 0 Å². The molecule has 0 rings (SSSR count). The Balaban J connectivity index is 3.62. The second kappa shape index (κ2) is 8.78. The van der Waals surface area contributed by atoms with Crippen LogP contribution >= 0.6 is 0 Å². The SMILES string of the molecule is CCC/C=C/C=C/C=C/C(=O)OC. The van der Waals surface area contributed by atoms with Crippen molar-refractivity contribution in [2.45, 2.75) is 19.8 Å². The van der Waals surface area contributed by atoms with Gasteiger partial charge in [-0.1, -0.05) is 43.7 Å².